The molecule has 1 N–H and O–H groups in total. The third-order valence-corrected chi connectivity index (χ3v) is 7.13. The van der Waals surface area contributed by atoms with Gasteiger partial charge in [0.2, 0.25) is 5.60 Å². The number of nitrogens with zero attached hydrogens (tertiary/aromatic N) is 1. The first kappa shape index (κ1) is 24.8. The summed E-state index contributed by atoms with van der Waals surface area (Å²) in [6.07, 6.45) is -3.92. The van der Waals surface area contributed by atoms with Crippen LogP contribution < -0.4 is 5.48 Å². The summed E-state index contributed by atoms with van der Waals surface area (Å²) in [5, 5.41) is 0.0682. The highest BCUT2D eigenvalue weighted by Crippen LogP contribution is 2.48. The fourth-order valence-corrected chi connectivity index (χ4v) is 5.18. The van der Waals surface area contributed by atoms with Gasteiger partial charge in [-0.2, -0.15) is 13.2 Å². The van der Waals surface area contributed by atoms with Crippen LogP contribution in [0.25, 0.3) is 5.70 Å². The first-order chi connectivity index (χ1) is 17.0. The van der Waals surface area contributed by atoms with E-state index in [9.17, 15) is 22.8 Å². The van der Waals surface area contributed by atoms with Crippen molar-refractivity contribution in [1.29, 1.82) is 0 Å². The Morgan fingerprint density at radius 3 is 2.11 bits per heavy atom. The summed E-state index contributed by atoms with van der Waals surface area (Å²) in [6.45, 7) is -0.0102. The van der Waals surface area contributed by atoms with Gasteiger partial charge in [0.05, 0.1) is 23.4 Å². The summed E-state index contributed by atoms with van der Waals surface area (Å²) < 4.78 is 43.2. The van der Waals surface area contributed by atoms with Crippen LogP contribution in [-0.4, -0.2) is 22.9 Å². The van der Waals surface area contributed by atoms with E-state index in [1.807, 2.05) is 0 Å². The maximum absolute atomic E-state index is 14.2. The van der Waals surface area contributed by atoms with Gasteiger partial charge in [0, 0.05) is 25.6 Å². The van der Waals surface area contributed by atoms with Crippen LogP contribution in [0.15, 0.2) is 71.2 Å². The first-order valence-corrected chi connectivity index (χ1v) is 12.0. The Labute approximate surface area is 221 Å². The van der Waals surface area contributed by atoms with Crippen molar-refractivity contribution in [3.63, 3.8) is 0 Å². The number of carbonyl (C=O) groups excluding carboxylic acids is 2. The molecule has 3 aromatic carbocycles. The third-order valence-electron chi connectivity index (χ3n) is 5.95. The number of hydrogen-bond donors (Lipinski definition) is 1. The Bertz CT molecular complexity index is 1410. The van der Waals surface area contributed by atoms with Crippen LogP contribution in [0.2, 0.25) is 10.0 Å². The monoisotopic (exact) mass is 596 g/mol. The Morgan fingerprint density at radius 2 is 1.56 bits per heavy atom. The van der Waals surface area contributed by atoms with E-state index in [1.54, 1.807) is 42.5 Å². The SMILES string of the molecule is O=C1c2ccccc2C(=O)N1Cc1ccc(C2=CC(c3cc(Cl)cc(Cl)c3)(C(F)(F)F)ON2)cc1Br. The molecule has 0 spiro atoms. The van der Waals surface area contributed by atoms with Crippen molar-refractivity contribution in [2.75, 3.05) is 0 Å². The molecule has 1 atom stereocenters. The van der Waals surface area contributed by atoms with E-state index in [4.69, 9.17) is 28.0 Å². The summed E-state index contributed by atoms with van der Waals surface area (Å²) >= 11 is 15.3. The van der Waals surface area contributed by atoms with Crippen molar-refractivity contribution in [3.8, 4) is 0 Å². The van der Waals surface area contributed by atoms with E-state index in [-0.39, 0.29) is 27.9 Å². The molecule has 1 unspecified atom stereocenters. The fraction of sp³-hybridized carbons (Fsp3) is 0.120. The number of nitrogens with one attached hydrogen (secondary N) is 1. The van der Waals surface area contributed by atoms with Crippen LogP contribution in [-0.2, 0) is 17.0 Å². The Morgan fingerprint density at radius 1 is 0.944 bits per heavy atom. The summed E-state index contributed by atoms with van der Waals surface area (Å²) in [5.41, 5.74) is 0.974. The van der Waals surface area contributed by atoms with E-state index < -0.39 is 23.6 Å². The van der Waals surface area contributed by atoms with Gasteiger partial charge in [0.1, 0.15) is 0 Å². The van der Waals surface area contributed by atoms with Gasteiger partial charge in [-0.3, -0.25) is 24.8 Å². The lowest BCUT2D eigenvalue weighted by molar-refractivity contribution is -0.269. The maximum atomic E-state index is 14.2. The first-order valence-electron chi connectivity index (χ1n) is 10.4. The molecule has 0 saturated carbocycles. The van der Waals surface area contributed by atoms with Gasteiger partial charge in [0.15, 0.2) is 0 Å². The molecule has 5 rings (SSSR count). The summed E-state index contributed by atoms with van der Waals surface area (Å²) in [4.78, 5) is 31.6. The number of fused-ring (bicyclic) bond motifs is 1. The lowest BCUT2D eigenvalue weighted by Gasteiger charge is -2.28. The lowest BCUT2D eigenvalue weighted by atomic mass is 9.91. The number of hydrogen-bond acceptors (Lipinski definition) is 4. The normalized spacial score (nSPS) is 19.4. The molecule has 0 aromatic heterocycles. The quantitative estimate of drug-likeness (QED) is 0.333. The average Bonchev–Trinajstić information content (AvgIpc) is 3.37. The van der Waals surface area contributed by atoms with Gasteiger partial charge in [-0.1, -0.05) is 63.4 Å². The molecule has 184 valence electrons. The van der Waals surface area contributed by atoms with Crippen molar-refractivity contribution in [2.45, 2.75) is 18.3 Å². The van der Waals surface area contributed by atoms with E-state index in [2.05, 4.69) is 21.4 Å². The average molecular weight is 598 g/mol. The minimum absolute atomic E-state index is 0.0102. The molecule has 2 aliphatic rings. The molecule has 3 aromatic rings. The molecule has 0 bridgehead atoms. The van der Waals surface area contributed by atoms with Crippen LogP contribution in [0, 0.1) is 0 Å². The Kier molecular flexibility index (Phi) is 6.15. The zero-order valence-corrected chi connectivity index (χ0v) is 21.1. The van der Waals surface area contributed by atoms with E-state index in [0.717, 1.165) is 23.1 Å². The molecule has 0 saturated heterocycles. The molecule has 36 heavy (non-hydrogen) atoms. The minimum atomic E-state index is -4.83. The van der Waals surface area contributed by atoms with E-state index >= 15 is 0 Å². The second-order valence-corrected chi connectivity index (χ2v) is 9.93. The zero-order chi connectivity index (χ0) is 25.8. The number of imide groups is 1. The number of halogens is 6. The lowest BCUT2D eigenvalue weighted by Crippen LogP contribution is -2.42. The second-order valence-electron chi connectivity index (χ2n) is 8.20. The number of alkyl halides is 3. The van der Waals surface area contributed by atoms with Gasteiger partial charge < -0.3 is 0 Å². The van der Waals surface area contributed by atoms with Crippen molar-refractivity contribution in [3.05, 3.63) is 109 Å². The second kappa shape index (κ2) is 8.92. The summed E-state index contributed by atoms with van der Waals surface area (Å²) in [5.74, 6) is -0.814. The minimum Gasteiger partial charge on any atom is -0.270 e. The van der Waals surface area contributed by atoms with Crippen molar-refractivity contribution >= 4 is 56.6 Å². The van der Waals surface area contributed by atoms with Gasteiger partial charge in [0.25, 0.3) is 11.8 Å². The standard InChI is InChI=1S/C25H14BrCl2F3N2O3/c26-20-7-13(5-6-14(20)12-33-22(34)18-3-1-2-4-19(18)23(33)35)21-11-24(36-32-21,25(29,30)31)15-8-16(27)10-17(28)9-15/h1-11,32H,12H2. The van der Waals surface area contributed by atoms with E-state index in [0.29, 0.717) is 26.7 Å². The number of benzene rings is 3. The van der Waals surface area contributed by atoms with Gasteiger partial charge in [-0.15, -0.1) is 0 Å². The summed E-state index contributed by atoms with van der Waals surface area (Å²) in [6, 6.07) is 14.9. The molecule has 0 aliphatic carbocycles. The van der Waals surface area contributed by atoms with Gasteiger partial charge in [-0.25, -0.2) is 0 Å². The zero-order valence-electron chi connectivity index (χ0n) is 18.0. The smallest absolute Gasteiger partial charge is 0.270 e. The van der Waals surface area contributed by atoms with Crippen LogP contribution >= 0.6 is 39.1 Å². The molecule has 2 amide bonds. The number of carbonyl (C=O) groups is 2. The van der Waals surface area contributed by atoms with Crippen molar-refractivity contribution in [1.82, 2.24) is 10.4 Å². The third kappa shape index (κ3) is 4.10. The van der Waals surface area contributed by atoms with E-state index in [1.165, 1.54) is 6.07 Å². The largest absolute Gasteiger partial charge is 0.428 e. The molecule has 0 radical (unpaired) electrons. The molecule has 0 fully saturated rings. The van der Waals surface area contributed by atoms with Crippen LogP contribution in [0.4, 0.5) is 13.2 Å². The topological polar surface area (TPSA) is 58.6 Å². The molecule has 2 heterocycles. The molecular formula is C25H14BrCl2F3N2O3. The highest BCUT2D eigenvalue weighted by atomic mass is 79.9. The van der Waals surface area contributed by atoms with Crippen molar-refractivity contribution < 1.29 is 27.6 Å². The van der Waals surface area contributed by atoms with Crippen molar-refractivity contribution in [2.24, 2.45) is 0 Å². The predicted octanol–water partition coefficient (Wildman–Crippen LogP) is 6.89. The number of amides is 2. The maximum Gasteiger partial charge on any atom is 0.428 e. The number of hydroxylamine groups is 1. The predicted molar refractivity (Wildman–Crippen MR) is 131 cm³/mol. The van der Waals surface area contributed by atoms with Crippen LogP contribution in [0.3, 0.4) is 0 Å². The van der Waals surface area contributed by atoms with Crippen LogP contribution in [0.1, 0.15) is 37.4 Å². The Hall–Kier alpha value is -2.85. The van der Waals surface area contributed by atoms with Gasteiger partial charge >= 0.3 is 6.18 Å². The highest BCUT2D eigenvalue weighted by molar-refractivity contribution is 9.10. The molecular weight excluding hydrogens is 584 g/mol. The number of rotatable bonds is 4. The van der Waals surface area contributed by atoms with Gasteiger partial charge in [-0.05, 0) is 48.0 Å². The molecule has 5 nitrogen and oxygen atoms in total. The molecule has 2 aliphatic heterocycles. The Balaban J connectivity index is 1.46. The molecule has 11 heteroatoms. The van der Waals surface area contributed by atoms with Crippen LogP contribution in [0.5, 0.6) is 0 Å². The fourth-order valence-electron chi connectivity index (χ4n) is 4.15. The highest BCUT2D eigenvalue weighted by Gasteiger charge is 2.59. The summed E-state index contributed by atoms with van der Waals surface area (Å²) in [7, 11) is 0.